The van der Waals surface area contributed by atoms with Crippen LogP contribution in [-0.4, -0.2) is 18.6 Å². The molecule has 2 aromatic rings. The van der Waals surface area contributed by atoms with E-state index in [2.05, 4.69) is 0 Å². The molecule has 0 atom stereocenters. The predicted molar refractivity (Wildman–Crippen MR) is 89.2 cm³/mol. The maximum Gasteiger partial charge on any atom is 0.185 e. The molecule has 0 spiro atoms. The lowest BCUT2D eigenvalue weighted by Crippen LogP contribution is -1.96. The normalized spacial score (nSPS) is 10.8. The Labute approximate surface area is 129 Å². The summed E-state index contributed by atoms with van der Waals surface area (Å²) in [7, 11) is 0. The second kappa shape index (κ2) is 7.70. The van der Waals surface area contributed by atoms with Gasteiger partial charge in [-0.2, -0.15) is 0 Å². The van der Waals surface area contributed by atoms with Gasteiger partial charge in [0.1, 0.15) is 5.75 Å². The average Bonchev–Trinajstić information content (AvgIpc) is 2.53. The second-order valence-electron chi connectivity index (χ2n) is 4.43. The number of allylic oxidation sites excluding steroid dienone is 1. The summed E-state index contributed by atoms with van der Waals surface area (Å²) in [6.07, 6.45) is 5.47. The van der Waals surface area contributed by atoms with Crippen molar-refractivity contribution in [1.82, 2.24) is 0 Å². The molecule has 0 aliphatic carbocycles. The zero-order chi connectivity index (χ0) is 15.1. The molecule has 21 heavy (non-hydrogen) atoms. The first-order valence-corrected chi connectivity index (χ1v) is 8.04. The van der Waals surface area contributed by atoms with E-state index in [1.54, 1.807) is 30.0 Å². The molecule has 0 bridgehead atoms. The molecule has 3 heteroatoms. The monoisotopic (exact) mass is 298 g/mol. The molecule has 0 N–H and O–H groups in total. The summed E-state index contributed by atoms with van der Waals surface area (Å²) >= 11 is 1.70. The van der Waals surface area contributed by atoms with E-state index in [1.165, 1.54) is 4.90 Å². The molecule has 0 fully saturated rings. The van der Waals surface area contributed by atoms with Crippen molar-refractivity contribution >= 4 is 23.6 Å². The van der Waals surface area contributed by atoms with Crippen LogP contribution in [-0.2, 0) is 0 Å². The average molecular weight is 298 g/mol. The lowest BCUT2D eigenvalue weighted by Gasteiger charge is -2.03. The Kier molecular flexibility index (Phi) is 5.64. The molecule has 0 saturated carbocycles. The molecule has 2 aromatic carbocycles. The smallest absolute Gasteiger partial charge is 0.185 e. The molecule has 0 amide bonds. The number of rotatable bonds is 6. The van der Waals surface area contributed by atoms with Crippen LogP contribution in [0.4, 0.5) is 0 Å². The Morgan fingerprint density at radius 2 is 1.95 bits per heavy atom. The van der Waals surface area contributed by atoms with Crippen LogP contribution < -0.4 is 4.74 Å². The van der Waals surface area contributed by atoms with E-state index in [4.69, 9.17) is 4.74 Å². The Morgan fingerprint density at radius 3 is 2.62 bits per heavy atom. The molecule has 0 aliphatic rings. The summed E-state index contributed by atoms with van der Waals surface area (Å²) in [4.78, 5) is 13.4. The van der Waals surface area contributed by atoms with Gasteiger partial charge in [0.05, 0.1) is 6.61 Å². The molecule has 0 heterocycles. The number of ketones is 1. The Bertz CT molecular complexity index is 630. The van der Waals surface area contributed by atoms with Gasteiger partial charge in [-0.25, -0.2) is 0 Å². The summed E-state index contributed by atoms with van der Waals surface area (Å²) < 4.78 is 5.41. The largest absolute Gasteiger partial charge is 0.494 e. The predicted octanol–water partition coefficient (Wildman–Crippen LogP) is 4.70. The third-order valence-electron chi connectivity index (χ3n) is 2.97. The first-order chi connectivity index (χ1) is 10.2. The van der Waals surface area contributed by atoms with E-state index in [9.17, 15) is 4.79 Å². The lowest BCUT2D eigenvalue weighted by molar-refractivity contribution is 0.104. The van der Waals surface area contributed by atoms with Crippen molar-refractivity contribution in [2.24, 2.45) is 0 Å². The fraction of sp³-hybridized carbons (Fsp3) is 0.167. The van der Waals surface area contributed by atoms with Crippen LogP contribution in [0.15, 0.2) is 59.5 Å². The van der Waals surface area contributed by atoms with Crippen LogP contribution >= 0.6 is 11.8 Å². The van der Waals surface area contributed by atoms with Crippen LogP contribution in [0.25, 0.3) is 6.08 Å². The summed E-state index contributed by atoms with van der Waals surface area (Å²) in [6, 6.07) is 15.4. The van der Waals surface area contributed by atoms with Gasteiger partial charge in [-0.15, -0.1) is 11.8 Å². The number of carbonyl (C=O) groups is 1. The van der Waals surface area contributed by atoms with Gasteiger partial charge in [-0.05, 0) is 49.1 Å². The van der Waals surface area contributed by atoms with Crippen molar-refractivity contribution in [2.75, 3.05) is 12.9 Å². The molecular weight excluding hydrogens is 280 g/mol. The maximum absolute atomic E-state index is 12.2. The van der Waals surface area contributed by atoms with E-state index >= 15 is 0 Å². The van der Waals surface area contributed by atoms with Gasteiger partial charge in [0.2, 0.25) is 0 Å². The van der Waals surface area contributed by atoms with Crippen LogP contribution in [0.5, 0.6) is 5.75 Å². The highest BCUT2D eigenvalue weighted by Crippen LogP contribution is 2.17. The van der Waals surface area contributed by atoms with Crippen molar-refractivity contribution in [1.29, 1.82) is 0 Å². The van der Waals surface area contributed by atoms with Crippen LogP contribution in [0.2, 0.25) is 0 Å². The minimum absolute atomic E-state index is 0.0227. The number of hydrogen-bond acceptors (Lipinski definition) is 3. The summed E-state index contributed by atoms with van der Waals surface area (Å²) in [6.45, 7) is 2.52. The fourth-order valence-corrected chi connectivity index (χ4v) is 2.30. The van der Waals surface area contributed by atoms with E-state index in [0.29, 0.717) is 12.2 Å². The highest BCUT2D eigenvalue weighted by Gasteiger charge is 2.03. The van der Waals surface area contributed by atoms with Gasteiger partial charge in [-0.1, -0.05) is 30.3 Å². The maximum atomic E-state index is 12.2. The Balaban J connectivity index is 2.09. The highest BCUT2D eigenvalue weighted by molar-refractivity contribution is 7.98. The first kappa shape index (κ1) is 15.4. The van der Waals surface area contributed by atoms with Gasteiger partial charge in [0.25, 0.3) is 0 Å². The quantitative estimate of drug-likeness (QED) is 0.439. The summed E-state index contributed by atoms with van der Waals surface area (Å²) in [5.74, 6) is 0.701. The van der Waals surface area contributed by atoms with Gasteiger partial charge in [0, 0.05) is 10.5 Å². The van der Waals surface area contributed by atoms with E-state index in [-0.39, 0.29) is 5.78 Å². The minimum Gasteiger partial charge on any atom is -0.494 e. The molecule has 2 rings (SSSR count). The molecular formula is C18H18O2S. The SMILES string of the molecule is CCOc1cccc(C(=O)C=Cc2ccc(SC)cc2)c1. The molecule has 0 aromatic heterocycles. The van der Waals surface area contributed by atoms with Crippen LogP contribution in [0.3, 0.4) is 0 Å². The van der Waals surface area contributed by atoms with Crippen molar-refractivity contribution < 1.29 is 9.53 Å². The van der Waals surface area contributed by atoms with E-state index in [1.807, 2.05) is 55.7 Å². The zero-order valence-corrected chi connectivity index (χ0v) is 13.0. The van der Waals surface area contributed by atoms with Gasteiger partial charge >= 0.3 is 0 Å². The van der Waals surface area contributed by atoms with Gasteiger partial charge in [-0.3, -0.25) is 4.79 Å². The zero-order valence-electron chi connectivity index (χ0n) is 12.2. The van der Waals surface area contributed by atoms with E-state index in [0.717, 1.165) is 11.3 Å². The van der Waals surface area contributed by atoms with Crippen molar-refractivity contribution in [3.63, 3.8) is 0 Å². The van der Waals surface area contributed by atoms with E-state index < -0.39 is 0 Å². The highest BCUT2D eigenvalue weighted by atomic mass is 32.2. The van der Waals surface area contributed by atoms with Gasteiger partial charge in [0.15, 0.2) is 5.78 Å². The van der Waals surface area contributed by atoms with Crippen LogP contribution in [0, 0.1) is 0 Å². The molecule has 2 nitrogen and oxygen atoms in total. The number of ether oxygens (including phenoxy) is 1. The Morgan fingerprint density at radius 1 is 1.19 bits per heavy atom. The molecule has 0 radical (unpaired) electrons. The first-order valence-electron chi connectivity index (χ1n) is 6.82. The standard InChI is InChI=1S/C18H18O2S/c1-3-20-16-6-4-5-15(13-16)18(19)12-9-14-7-10-17(21-2)11-8-14/h4-13H,3H2,1-2H3. The van der Waals surface area contributed by atoms with Crippen molar-refractivity contribution in [3.8, 4) is 5.75 Å². The van der Waals surface area contributed by atoms with Gasteiger partial charge < -0.3 is 4.74 Å². The van der Waals surface area contributed by atoms with Crippen LogP contribution in [0.1, 0.15) is 22.8 Å². The van der Waals surface area contributed by atoms with Crippen molar-refractivity contribution in [3.05, 3.63) is 65.7 Å². The Hall–Kier alpha value is -2.00. The molecule has 0 aliphatic heterocycles. The fourth-order valence-electron chi connectivity index (χ4n) is 1.89. The third-order valence-corrected chi connectivity index (χ3v) is 3.72. The number of benzene rings is 2. The lowest BCUT2D eigenvalue weighted by atomic mass is 10.1. The topological polar surface area (TPSA) is 26.3 Å². The molecule has 0 unspecified atom stereocenters. The van der Waals surface area contributed by atoms with Crippen molar-refractivity contribution in [2.45, 2.75) is 11.8 Å². The molecule has 108 valence electrons. The third kappa shape index (κ3) is 4.50. The summed E-state index contributed by atoms with van der Waals surface area (Å²) in [5, 5.41) is 0. The number of thioether (sulfide) groups is 1. The number of hydrogen-bond donors (Lipinski definition) is 0. The number of carbonyl (C=O) groups excluding carboxylic acids is 1. The second-order valence-corrected chi connectivity index (χ2v) is 5.31. The minimum atomic E-state index is -0.0227. The molecule has 0 saturated heterocycles. The summed E-state index contributed by atoms with van der Waals surface area (Å²) in [5.41, 5.74) is 1.65.